The molecule has 5 aliphatic rings. The number of aryl methyl sites for hydroxylation is 1. The summed E-state index contributed by atoms with van der Waals surface area (Å²) in [5.74, 6) is 2.12. The highest BCUT2D eigenvalue weighted by Gasteiger charge is 2.37. The average molecular weight is 412 g/mol. The molecule has 4 aliphatic carbocycles. The molecule has 2 bridgehead atoms. The number of hydrogen-bond donors (Lipinski definition) is 0. The number of carbonyl (C=O) groups excluding carboxylic acids is 1. The van der Waals surface area contributed by atoms with Crippen molar-refractivity contribution in [2.45, 2.75) is 76.7 Å². The van der Waals surface area contributed by atoms with Crippen LogP contribution in [0.1, 0.15) is 75.3 Å². The van der Waals surface area contributed by atoms with Crippen molar-refractivity contribution in [3.63, 3.8) is 0 Å². The minimum absolute atomic E-state index is 0.0617. The molecule has 6 rings (SSSR count). The normalized spacial score (nSPS) is 29.5. The first-order valence-corrected chi connectivity index (χ1v) is 11.9. The third kappa shape index (κ3) is 4.33. The molecule has 0 N–H and O–H groups in total. The van der Waals surface area contributed by atoms with E-state index in [2.05, 4.69) is 10.1 Å². The van der Waals surface area contributed by atoms with Gasteiger partial charge in [0, 0.05) is 30.9 Å². The Labute approximate surface area is 179 Å². The Hall–Kier alpha value is -2.11. The lowest BCUT2D eigenvalue weighted by Crippen LogP contribution is -2.38. The summed E-state index contributed by atoms with van der Waals surface area (Å²) < 4.78 is 5.74. The van der Waals surface area contributed by atoms with E-state index in [-0.39, 0.29) is 12.5 Å². The zero-order valence-corrected chi connectivity index (χ0v) is 17.9. The highest BCUT2D eigenvalue weighted by molar-refractivity contribution is 6.02. The van der Waals surface area contributed by atoms with Crippen molar-refractivity contribution in [2.75, 3.05) is 19.7 Å². The lowest BCUT2D eigenvalue weighted by Gasteiger charge is -2.40. The molecule has 6 heteroatoms. The van der Waals surface area contributed by atoms with Gasteiger partial charge in [0.25, 0.3) is 5.91 Å². The second-order valence-corrected chi connectivity index (χ2v) is 9.46. The average Bonchev–Trinajstić information content (AvgIpc) is 2.82. The third-order valence-electron chi connectivity index (χ3n) is 7.47. The van der Waals surface area contributed by atoms with Crippen molar-refractivity contribution < 1.29 is 14.4 Å². The van der Waals surface area contributed by atoms with Gasteiger partial charge in [-0.3, -0.25) is 4.79 Å². The molecular weight excluding hydrogens is 378 g/mol. The van der Waals surface area contributed by atoms with Crippen LogP contribution in [0.15, 0.2) is 17.4 Å². The summed E-state index contributed by atoms with van der Waals surface area (Å²) in [6, 6.07) is 1.98. The smallest absolute Gasteiger partial charge is 0.260 e. The van der Waals surface area contributed by atoms with Crippen molar-refractivity contribution >= 4 is 11.6 Å². The number of ether oxygens (including phenoxy) is 1. The van der Waals surface area contributed by atoms with Gasteiger partial charge in [-0.1, -0.05) is 5.16 Å². The lowest BCUT2D eigenvalue weighted by atomic mass is 9.69. The first-order valence-electron chi connectivity index (χ1n) is 11.9. The molecule has 162 valence electrons. The monoisotopic (exact) mass is 411 g/mol. The van der Waals surface area contributed by atoms with E-state index in [4.69, 9.17) is 9.57 Å². The zero-order valence-electron chi connectivity index (χ0n) is 17.9. The quantitative estimate of drug-likeness (QED) is 0.684. The maximum Gasteiger partial charge on any atom is 0.260 e. The predicted octanol–water partition coefficient (Wildman–Crippen LogP) is 4.11. The van der Waals surface area contributed by atoms with Gasteiger partial charge in [0.1, 0.15) is 6.10 Å². The second-order valence-electron chi connectivity index (χ2n) is 9.46. The van der Waals surface area contributed by atoms with Crippen LogP contribution < -0.4 is 4.74 Å². The van der Waals surface area contributed by atoms with Crippen molar-refractivity contribution in [1.82, 2.24) is 9.88 Å². The van der Waals surface area contributed by atoms with Crippen LogP contribution in [0, 0.1) is 11.8 Å². The maximum absolute atomic E-state index is 12.3. The van der Waals surface area contributed by atoms with Gasteiger partial charge in [-0.05, 0) is 88.0 Å². The molecule has 1 amide bonds. The number of fused-ring (bicyclic) bond motifs is 4. The van der Waals surface area contributed by atoms with Crippen LogP contribution >= 0.6 is 0 Å². The Morgan fingerprint density at radius 1 is 1.10 bits per heavy atom. The summed E-state index contributed by atoms with van der Waals surface area (Å²) in [5.41, 5.74) is 3.29. The first-order chi connectivity index (χ1) is 14.8. The van der Waals surface area contributed by atoms with Crippen LogP contribution in [0.5, 0.6) is 5.88 Å². The van der Waals surface area contributed by atoms with Gasteiger partial charge in [0.05, 0.1) is 5.71 Å². The molecule has 1 unspecified atom stereocenters. The summed E-state index contributed by atoms with van der Waals surface area (Å²) in [5, 5.41) is 4.61. The highest BCUT2D eigenvalue weighted by Crippen LogP contribution is 2.42. The minimum Gasteiger partial charge on any atom is -0.468 e. The van der Waals surface area contributed by atoms with E-state index in [1.807, 2.05) is 17.2 Å². The molecule has 1 atom stereocenters. The Morgan fingerprint density at radius 3 is 2.70 bits per heavy atom. The maximum atomic E-state index is 12.3. The lowest BCUT2D eigenvalue weighted by molar-refractivity contribution is -0.134. The highest BCUT2D eigenvalue weighted by atomic mass is 16.6. The van der Waals surface area contributed by atoms with E-state index in [1.54, 1.807) is 0 Å². The van der Waals surface area contributed by atoms with Crippen LogP contribution in [-0.2, 0) is 16.1 Å². The number of pyridine rings is 1. The summed E-state index contributed by atoms with van der Waals surface area (Å²) in [7, 11) is 0. The molecular formula is C24H33N3O3. The summed E-state index contributed by atoms with van der Waals surface area (Å²) in [4.78, 5) is 24.8. The predicted molar refractivity (Wildman–Crippen MR) is 115 cm³/mol. The van der Waals surface area contributed by atoms with Gasteiger partial charge < -0.3 is 14.5 Å². The minimum atomic E-state index is 0.0617. The fourth-order valence-corrected chi connectivity index (χ4v) is 5.64. The van der Waals surface area contributed by atoms with E-state index in [9.17, 15) is 4.79 Å². The number of aromatic nitrogens is 1. The van der Waals surface area contributed by atoms with E-state index < -0.39 is 0 Å². The van der Waals surface area contributed by atoms with E-state index in [1.165, 1.54) is 44.1 Å². The zero-order chi connectivity index (χ0) is 20.3. The Bertz CT molecular complexity index is 795. The molecule has 1 aliphatic heterocycles. The molecule has 3 saturated carbocycles. The molecule has 6 nitrogen and oxygen atoms in total. The number of amides is 1. The third-order valence-corrected chi connectivity index (χ3v) is 7.47. The largest absolute Gasteiger partial charge is 0.468 e. The number of carbonyl (C=O) groups is 1. The van der Waals surface area contributed by atoms with E-state index >= 15 is 0 Å². The number of nitrogens with zero attached hydrogens (tertiary/aromatic N) is 3. The molecule has 0 aromatic carbocycles. The molecule has 1 aromatic rings. The Kier molecular flexibility index (Phi) is 5.91. The molecule has 1 aromatic heterocycles. The number of hydrogen-bond acceptors (Lipinski definition) is 5. The van der Waals surface area contributed by atoms with Crippen molar-refractivity contribution in [1.29, 1.82) is 0 Å². The topological polar surface area (TPSA) is 64.0 Å². The van der Waals surface area contributed by atoms with Gasteiger partial charge in [-0.2, -0.15) is 0 Å². The Morgan fingerprint density at radius 2 is 1.93 bits per heavy atom. The summed E-state index contributed by atoms with van der Waals surface area (Å²) in [6.45, 7) is 1.77. The second kappa shape index (κ2) is 8.94. The molecule has 0 spiro atoms. The molecule has 0 radical (unpaired) electrons. The van der Waals surface area contributed by atoms with Crippen molar-refractivity contribution in [3.05, 3.63) is 23.4 Å². The van der Waals surface area contributed by atoms with Crippen LogP contribution in [0.3, 0.4) is 0 Å². The first kappa shape index (κ1) is 19.8. The van der Waals surface area contributed by atoms with E-state index in [0.29, 0.717) is 17.9 Å². The number of oxime groups is 1. The SMILES string of the molecule is O=C(COc1cc2c(cn1)/C(=N/OC1CC3CCC1CC3)CCC2)N1CCCCC1. The van der Waals surface area contributed by atoms with Gasteiger partial charge in [0.2, 0.25) is 5.88 Å². The van der Waals surface area contributed by atoms with Crippen LogP contribution in [0.4, 0.5) is 0 Å². The number of piperidine rings is 1. The van der Waals surface area contributed by atoms with Crippen molar-refractivity contribution in [3.8, 4) is 5.88 Å². The number of rotatable bonds is 5. The van der Waals surface area contributed by atoms with Gasteiger partial charge in [0.15, 0.2) is 6.61 Å². The Balaban J connectivity index is 1.21. The van der Waals surface area contributed by atoms with Crippen LogP contribution in [-0.4, -0.2) is 47.3 Å². The summed E-state index contributed by atoms with van der Waals surface area (Å²) in [6.07, 6.45) is 15.0. The van der Waals surface area contributed by atoms with Crippen LogP contribution in [0.2, 0.25) is 0 Å². The fourth-order valence-electron chi connectivity index (χ4n) is 5.64. The van der Waals surface area contributed by atoms with Gasteiger partial charge in [-0.15, -0.1) is 0 Å². The summed E-state index contributed by atoms with van der Waals surface area (Å²) >= 11 is 0. The molecule has 2 heterocycles. The molecule has 30 heavy (non-hydrogen) atoms. The fraction of sp³-hybridized carbons (Fsp3) is 0.708. The van der Waals surface area contributed by atoms with Gasteiger partial charge >= 0.3 is 0 Å². The van der Waals surface area contributed by atoms with Gasteiger partial charge in [-0.25, -0.2) is 4.98 Å². The van der Waals surface area contributed by atoms with Crippen molar-refractivity contribution in [2.24, 2.45) is 17.0 Å². The van der Waals surface area contributed by atoms with Crippen LogP contribution in [0.25, 0.3) is 0 Å². The molecule has 1 saturated heterocycles. The molecule has 4 fully saturated rings. The standard InChI is InChI=1S/C24H33N3O3/c28-24(27-11-2-1-3-12-27)16-29-23-14-19-5-4-6-21(20(19)15-25-23)26-30-22-13-17-7-9-18(22)10-8-17/h14-15,17-18,22H,1-13,16H2/b26-21+. The van der Waals surface area contributed by atoms with E-state index in [0.717, 1.165) is 62.4 Å². The number of likely N-dealkylation sites (tertiary alicyclic amines) is 1.